The van der Waals surface area contributed by atoms with E-state index >= 15 is 0 Å². The van der Waals surface area contributed by atoms with Crippen LogP contribution in [0.25, 0.3) is 21.3 Å². The molecule has 3 heterocycles. The van der Waals surface area contributed by atoms with Crippen LogP contribution in [0, 0.1) is 0 Å². The van der Waals surface area contributed by atoms with Crippen LogP contribution in [0.2, 0.25) is 0 Å². The highest BCUT2D eigenvalue weighted by Crippen LogP contribution is 2.42. The fourth-order valence-corrected chi connectivity index (χ4v) is 4.60. The van der Waals surface area contributed by atoms with E-state index in [1.807, 2.05) is 18.3 Å². The number of aromatic nitrogens is 4. The van der Waals surface area contributed by atoms with Gasteiger partial charge < -0.3 is 10.1 Å². The molecule has 1 fully saturated rings. The van der Waals surface area contributed by atoms with Gasteiger partial charge in [-0.15, -0.1) is 10.2 Å². The van der Waals surface area contributed by atoms with E-state index in [-0.39, 0.29) is 0 Å². The first-order valence-electron chi connectivity index (χ1n) is 8.29. The first-order valence-corrected chi connectivity index (χ1v) is 9.92. The molecule has 6 nitrogen and oxygen atoms in total. The molecule has 0 atom stereocenters. The summed E-state index contributed by atoms with van der Waals surface area (Å²) in [4.78, 5) is 8.88. The Morgan fingerprint density at radius 2 is 1.96 bits per heavy atom. The van der Waals surface area contributed by atoms with Gasteiger partial charge in [-0.05, 0) is 36.6 Å². The summed E-state index contributed by atoms with van der Waals surface area (Å²) < 4.78 is 6.37. The number of nitrogens with zero attached hydrogens (tertiary/aromatic N) is 4. The molecule has 1 saturated carbocycles. The minimum absolute atomic E-state index is 0.623. The molecule has 26 heavy (non-hydrogen) atoms. The van der Waals surface area contributed by atoms with Crippen molar-refractivity contribution in [3.05, 3.63) is 41.7 Å². The molecule has 1 aliphatic rings. The summed E-state index contributed by atoms with van der Waals surface area (Å²) in [5.74, 6) is 1.37. The summed E-state index contributed by atoms with van der Waals surface area (Å²) in [6.45, 7) is 0. The maximum Gasteiger partial charge on any atom is 0.211 e. The second kappa shape index (κ2) is 6.30. The molecule has 1 aromatic carbocycles. The third-order valence-corrected chi connectivity index (χ3v) is 6.19. The standard InChI is InChI=1S/C18H15N5OS2/c1-24-13-6-12(8-19-9-13)11-4-5-14-15(7-11)25-17(20-14)21-18-23-22-16(26-18)10-2-3-10/h4-10H,2-3H2,1H3,(H,20,21,23). The van der Waals surface area contributed by atoms with Crippen LogP contribution in [-0.4, -0.2) is 27.3 Å². The number of fused-ring (bicyclic) bond motifs is 1. The van der Waals surface area contributed by atoms with Gasteiger partial charge in [-0.25, -0.2) is 4.98 Å². The molecule has 1 N–H and O–H groups in total. The Morgan fingerprint density at radius 1 is 1.04 bits per heavy atom. The van der Waals surface area contributed by atoms with Crippen molar-refractivity contribution in [1.82, 2.24) is 20.2 Å². The second-order valence-electron chi connectivity index (χ2n) is 6.16. The Morgan fingerprint density at radius 3 is 2.81 bits per heavy atom. The molecule has 0 amide bonds. The molecular weight excluding hydrogens is 366 g/mol. The van der Waals surface area contributed by atoms with Crippen molar-refractivity contribution in [1.29, 1.82) is 0 Å². The average molecular weight is 381 g/mol. The first-order chi connectivity index (χ1) is 12.8. The zero-order chi connectivity index (χ0) is 17.5. The fourth-order valence-electron chi connectivity index (χ4n) is 2.72. The predicted molar refractivity (Wildman–Crippen MR) is 105 cm³/mol. The smallest absolute Gasteiger partial charge is 0.211 e. The molecule has 0 aliphatic heterocycles. The summed E-state index contributed by atoms with van der Waals surface area (Å²) in [7, 11) is 1.65. The summed E-state index contributed by atoms with van der Waals surface area (Å²) in [5, 5.41) is 14.6. The third-order valence-electron chi connectivity index (χ3n) is 4.25. The van der Waals surface area contributed by atoms with Gasteiger partial charge >= 0.3 is 0 Å². The Balaban J connectivity index is 1.43. The molecule has 4 aromatic rings. The molecular formula is C18H15N5OS2. The van der Waals surface area contributed by atoms with Crippen LogP contribution in [-0.2, 0) is 0 Å². The van der Waals surface area contributed by atoms with Gasteiger partial charge in [0.25, 0.3) is 0 Å². The highest BCUT2D eigenvalue weighted by atomic mass is 32.1. The van der Waals surface area contributed by atoms with Crippen LogP contribution in [0.5, 0.6) is 5.75 Å². The van der Waals surface area contributed by atoms with Crippen molar-refractivity contribution in [3.8, 4) is 16.9 Å². The van der Waals surface area contributed by atoms with E-state index in [4.69, 9.17) is 4.74 Å². The van der Waals surface area contributed by atoms with Gasteiger partial charge in [-0.1, -0.05) is 28.7 Å². The number of benzene rings is 1. The van der Waals surface area contributed by atoms with Gasteiger partial charge in [-0.2, -0.15) is 0 Å². The van der Waals surface area contributed by atoms with Crippen LogP contribution in [0.3, 0.4) is 0 Å². The minimum Gasteiger partial charge on any atom is -0.495 e. The lowest BCUT2D eigenvalue weighted by atomic mass is 10.1. The van der Waals surface area contributed by atoms with Crippen LogP contribution in [0.15, 0.2) is 36.7 Å². The Bertz CT molecular complexity index is 1090. The number of rotatable bonds is 5. The Kier molecular flexibility index (Phi) is 3.79. The lowest BCUT2D eigenvalue weighted by Crippen LogP contribution is -1.87. The van der Waals surface area contributed by atoms with Crippen molar-refractivity contribution < 1.29 is 4.74 Å². The number of anilines is 2. The quantitative estimate of drug-likeness (QED) is 0.533. The van der Waals surface area contributed by atoms with Crippen LogP contribution in [0.4, 0.5) is 10.3 Å². The topological polar surface area (TPSA) is 72.8 Å². The molecule has 0 unspecified atom stereocenters. The summed E-state index contributed by atoms with van der Waals surface area (Å²) in [6.07, 6.45) is 6.01. The lowest BCUT2D eigenvalue weighted by Gasteiger charge is -2.03. The molecule has 1 aliphatic carbocycles. The molecule has 5 rings (SSSR count). The van der Waals surface area contributed by atoms with Gasteiger partial charge in [0.05, 0.1) is 23.5 Å². The van der Waals surface area contributed by atoms with Crippen molar-refractivity contribution in [3.63, 3.8) is 0 Å². The highest BCUT2D eigenvalue weighted by molar-refractivity contribution is 7.22. The number of methoxy groups -OCH3 is 1. The van der Waals surface area contributed by atoms with Crippen LogP contribution >= 0.6 is 22.7 Å². The monoisotopic (exact) mass is 381 g/mol. The summed E-state index contributed by atoms with van der Waals surface area (Å²) in [5.41, 5.74) is 3.07. The van der Waals surface area contributed by atoms with E-state index < -0.39 is 0 Å². The van der Waals surface area contributed by atoms with Crippen molar-refractivity contribution >= 4 is 43.2 Å². The van der Waals surface area contributed by atoms with Crippen LogP contribution < -0.4 is 10.1 Å². The number of hydrogen-bond donors (Lipinski definition) is 1. The van der Waals surface area contributed by atoms with Crippen molar-refractivity contribution in [2.45, 2.75) is 18.8 Å². The van der Waals surface area contributed by atoms with Gasteiger partial charge in [0.2, 0.25) is 5.13 Å². The average Bonchev–Trinajstić information content (AvgIpc) is 3.29. The van der Waals surface area contributed by atoms with E-state index in [0.717, 1.165) is 42.4 Å². The molecule has 0 bridgehead atoms. The zero-order valence-electron chi connectivity index (χ0n) is 14.0. The second-order valence-corrected chi connectivity index (χ2v) is 8.20. The summed E-state index contributed by atoms with van der Waals surface area (Å²) >= 11 is 3.23. The number of nitrogens with one attached hydrogen (secondary N) is 1. The third kappa shape index (κ3) is 3.02. The molecule has 3 aromatic heterocycles. The zero-order valence-corrected chi connectivity index (χ0v) is 15.6. The number of ether oxygens (including phenoxy) is 1. The van der Waals surface area contributed by atoms with Gasteiger partial charge in [0.1, 0.15) is 10.8 Å². The Hall–Kier alpha value is -2.58. The molecule has 8 heteroatoms. The number of pyridine rings is 1. The fraction of sp³-hybridized carbons (Fsp3) is 0.222. The van der Waals surface area contributed by atoms with Gasteiger partial charge in [-0.3, -0.25) is 4.98 Å². The lowest BCUT2D eigenvalue weighted by molar-refractivity contribution is 0.413. The molecule has 0 radical (unpaired) electrons. The maximum atomic E-state index is 5.26. The van der Waals surface area contributed by atoms with E-state index in [1.54, 1.807) is 36.0 Å². The van der Waals surface area contributed by atoms with E-state index in [9.17, 15) is 0 Å². The molecule has 0 spiro atoms. The number of hydrogen-bond acceptors (Lipinski definition) is 8. The molecule has 0 saturated heterocycles. The van der Waals surface area contributed by atoms with Gasteiger partial charge in [0, 0.05) is 17.7 Å². The van der Waals surface area contributed by atoms with Crippen molar-refractivity contribution in [2.75, 3.05) is 12.4 Å². The maximum absolute atomic E-state index is 5.26. The minimum atomic E-state index is 0.623. The molecule has 130 valence electrons. The number of thiazole rings is 1. The van der Waals surface area contributed by atoms with Crippen molar-refractivity contribution in [2.24, 2.45) is 0 Å². The van der Waals surface area contributed by atoms with Gasteiger partial charge in [0.15, 0.2) is 5.13 Å². The Labute approximate surface area is 157 Å². The highest BCUT2D eigenvalue weighted by Gasteiger charge is 2.27. The predicted octanol–water partition coefficient (Wildman–Crippen LogP) is 4.84. The summed E-state index contributed by atoms with van der Waals surface area (Å²) in [6, 6.07) is 8.19. The van der Waals surface area contributed by atoms with E-state index in [0.29, 0.717) is 5.92 Å². The largest absolute Gasteiger partial charge is 0.495 e. The normalized spacial score (nSPS) is 13.9. The van der Waals surface area contributed by atoms with E-state index in [2.05, 4.69) is 37.6 Å². The van der Waals surface area contributed by atoms with E-state index in [1.165, 1.54) is 12.8 Å². The SMILES string of the molecule is COc1cncc(-c2ccc3nc(Nc4nnc(C5CC5)s4)sc3c2)c1. The first kappa shape index (κ1) is 15.7. The van der Waals surface area contributed by atoms with Crippen LogP contribution in [0.1, 0.15) is 23.8 Å².